The molecule has 0 radical (unpaired) electrons. The Hall–Kier alpha value is -1.53. The van der Waals surface area contributed by atoms with E-state index in [0.29, 0.717) is 6.42 Å². The van der Waals surface area contributed by atoms with Crippen molar-refractivity contribution in [3.63, 3.8) is 0 Å². The summed E-state index contributed by atoms with van der Waals surface area (Å²) in [5, 5.41) is 1.59. The van der Waals surface area contributed by atoms with Crippen molar-refractivity contribution in [1.82, 2.24) is 10.4 Å². The maximum Gasteiger partial charge on any atom is 0.327 e. The molecule has 21 heavy (non-hydrogen) atoms. The number of hydrogen-bond acceptors (Lipinski definition) is 4. The third-order valence-corrected chi connectivity index (χ3v) is 3.64. The Morgan fingerprint density at radius 3 is 2.67 bits per heavy atom. The van der Waals surface area contributed by atoms with Gasteiger partial charge in [-0.2, -0.15) is 0 Å². The van der Waals surface area contributed by atoms with Crippen molar-refractivity contribution in [2.75, 3.05) is 14.2 Å². The average Bonchev–Trinajstić information content (AvgIpc) is 2.47. The Morgan fingerprint density at radius 1 is 1.43 bits per heavy atom. The van der Waals surface area contributed by atoms with Crippen LogP contribution >= 0.6 is 0 Å². The standard InChI is InChI=1S/C15H22F2N2O2/c1-5-9-15(2,14(20)21-4)19(3)18-10-11-7-6-8-12(16)13(11)17/h6-8,18H,5,9-10H2,1-4H3/t15-/m1/s1. The molecular formula is C15H22F2N2O2. The maximum absolute atomic E-state index is 13.6. The second kappa shape index (κ2) is 7.47. The Labute approximate surface area is 124 Å². The number of ether oxygens (including phenoxy) is 1. The van der Waals surface area contributed by atoms with Crippen LogP contribution in [-0.2, 0) is 16.1 Å². The molecule has 0 bridgehead atoms. The lowest BCUT2D eigenvalue weighted by atomic mass is 9.96. The van der Waals surface area contributed by atoms with E-state index < -0.39 is 17.2 Å². The number of carbonyl (C=O) groups is 1. The Balaban J connectivity index is 2.81. The number of halogens is 2. The van der Waals surface area contributed by atoms with Gasteiger partial charge in [-0.3, -0.25) is 4.79 Å². The third kappa shape index (κ3) is 3.98. The quantitative estimate of drug-likeness (QED) is 0.621. The molecule has 0 aliphatic rings. The van der Waals surface area contributed by atoms with E-state index in [9.17, 15) is 13.6 Å². The Bertz CT molecular complexity index is 497. The van der Waals surface area contributed by atoms with Gasteiger partial charge in [0.2, 0.25) is 0 Å². The van der Waals surface area contributed by atoms with E-state index in [1.807, 2.05) is 6.92 Å². The van der Waals surface area contributed by atoms with Crippen LogP contribution in [-0.4, -0.2) is 30.7 Å². The number of hydrogen-bond donors (Lipinski definition) is 1. The first kappa shape index (κ1) is 17.5. The minimum atomic E-state index is -0.888. The lowest BCUT2D eigenvalue weighted by Gasteiger charge is -2.36. The van der Waals surface area contributed by atoms with Gasteiger partial charge in [-0.15, -0.1) is 0 Å². The minimum absolute atomic E-state index is 0.0798. The molecule has 0 fully saturated rings. The van der Waals surface area contributed by atoms with E-state index in [2.05, 4.69) is 5.43 Å². The minimum Gasteiger partial charge on any atom is -0.468 e. The van der Waals surface area contributed by atoms with Crippen molar-refractivity contribution in [2.24, 2.45) is 0 Å². The smallest absolute Gasteiger partial charge is 0.327 e. The topological polar surface area (TPSA) is 41.6 Å². The van der Waals surface area contributed by atoms with Crippen molar-refractivity contribution in [3.8, 4) is 0 Å². The second-order valence-corrected chi connectivity index (χ2v) is 5.12. The normalized spacial score (nSPS) is 14.0. The SMILES string of the molecule is CCC[C@](C)(C(=O)OC)N(C)NCc1cccc(F)c1F. The zero-order chi connectivity index (χ0) is 16.0. The summed E-state index contributed by atoms with van der Waals surface area (Å²) in [7, 11) is 3.01. The predicted octanol–water partition coefficient (Wildman–Crippen LogP) is 2.63. The number of nitrogens with zero attached hydrogens (tertiary/aromatic N) is 1. The molecule has 0 aromatic heterocycles. The summed E-state index contributed by atoms with van der Waals surface area (Å²) in [6.07, 6.45) is 1.36. The molecule has 118 valence electrons. The summed E-state index contributed by atoms with van der Waals surface area (Å²) in [6.45, 7) is 3.79. The fourth-order valence-electron chi connectivity index (χ4n) is 2.18. The van der Waals surface area contributed by atoms with Crippen molar-refractivity contribution >= 4 is 5.97 Å². The number of nitrogens with one attached hydrogen (secondary N) is 1. The highest BCUT2D eigenvalue weighted by atomic mass is 19.2. The molecule has 0 heterocycles. The molecule has 6 heteroatoms. The summed E-state index contributed by atoms with van der Waals surface area (Å²) >= 11 is 0. The van der Waals surface area contributed by atoms with Crippen molar-refractivity contribution in [3.05, 3.63) is 35.4 Å². The number of carbonyl (C=O) groups excluding carboxylic acids is 1. The van der Waals surface area contributed by atoms with Crippen molar-refractivity contribution in [2.45, 2.75) is 38.8 Å². The molecule has 0 aliphatic carbocycles. The van der Waals surface area contributed by atoms with Crippen molar-refractivity contribution in [1.29, 1.82) is 0 Å². The van der Waals surface area contributed by atoms with Crippen LogP contribution in [0.2, 0.25) is 0 Å². The van der Waals surface area contributed by atoms with Crippen molar-refractivity contribution < 1.29 is 18.3 Å². The van der Waals surface area contributed by atoms with Gasteiger partial charge in [0.05, 0.1) is 7.11 Å². The van der Waals surface area contributed by atoms with E-state index in [1.165, 1.54) is 19.2 Å². The van der Waals surface area contributed by atoms with Crippen LogP contribution in [0.15, 0.2) is 18.2 Å². The van der Waals surface area contributed by atoms with Gasteiger partial charge in [0.15, 0.2) is 11.6 Å². The van der Waals surface area contributed by atoms with Gasteiger partial charge in [-0.25, -0.2) is 19.2 Å². The fourth-order valence-corrected chi connectivity index (χ4v) is 2.18. The highest BCUT2D eigenvalue weighted by Gasteiger charge is 2.37. The van der Waals surface area contributed by atoms with E-state index in [-0.39, 0.29) is 18.1 Å². The molecule has 0 unspecified atom stereocenters. The molecule has 0 spiro atoms. The lowest BCUT2D eigenvalue weighted by Crippen LogP contribution is -2.56. The first-order valence-corrected chi connectivity index (χ1v) is 6.85. The molecule has 0 saturated carbocycles. The number of methoxy groups -OCH3 is 1. The van der Waals surface area contributed by atoms with Crippen LogP contribution < -0.4 is 5.43 Å². The largest absolute Gasteiger partial charge is 0.468 e. The van der Waals surface area contributed by atoms with Gasteiger partial charge < -0.3 is 4.74 Å². The highest BCUT2D eigenvalue weighted by molar-refractivity contribution is 5.80. The summed E-state index contributed by atoms with van der Waals surface area (Å²) in [6, 6.07) is 4.01. The van der Waals surface area contributed by atoms with Crippen LogP contribution in [0.5, 0.6) is 0 Å². The highest BCUT2D eigenvalue weighted by Crippen LogP contribution is 2.20. The van der Waals surface area contributed by atoms with Gasteiger partial charge in [0.25, 0.3) is 0 Å². The molecule has 0 aliphatic heterocycles. The maximum atomic E-state index is 13.6. The Morgan fingerprint density at radius 2 is 2.10 bits per heavy atom. The number of benzene rings is 1. The number of rotatable bonds is 7. The van der Waals surface area contributed by atoms with Crippen LogP contribution in [0.1, 0.15) is 32.3 Å². The van der Waals surface area contributed by atoms with Crippen LogP contribution in [0.3, 0.4) is 0 Å². The second-order valence-electron chi connectivity index (χ2n) is 5.12. The predicted molar refractivity (Wildman–Crippen MR) is 76.3 cm³/mol. The third-order valence-electron chi connectivity index (χ3n) is 3.64. The molecule has 4 nitrogen and oxygen atoms in total. The molecule has 0 amide bonds. The van der Waals surface area contributed by atoms with Crippen LogP contribution in [0, 0.1) is 11.6 Å². The van der Waals surface area contributed by atoms with Crippen LogP contribution in [0.4, 0.5) is 8.78 Å². The number of likely N-dealkylation sites (N-methyl/N-ethyl adjacent to an activating group) is 1. The van der Waals surface area contributed by atoms with Gasteiger partial charge in [0, 0.05) is 19.2 Å². The van der Waals surface area contributed by atoms with Gasteiger partial charge in [-0.05, 0) is 19.4 Å². The first-order chi connectivity index (χ1) is 9.86. The monoisotopic (exact) mass is 300 g/mol. The van der Waals surface area contributed by atoms with E-state index >= 15 is 0 Å². The average molecular weight is 300 g/mol. The summed E-state index contributed by atoms with van der Waals surface area (Å²) in [5.41, 5.74) is 2.27. The molecule has 1 rings (SSSR count). The number of hydrazine groups is 1. The van der Waals surface area contributed by atoms with E-state index in [4.69, 9.17) is 4.74 Å². The van der Waals surface area contributed by atoms with E-state index in [0.717, 1.165) is 12.5 Å². The Kier molecular flexibility index (Phi) is 6.23. The molecule has 0 saturated heterocycles. The number of esters is 1. The van der Waals surface area contributed by atoms with Gasteiger partial charge in [-0.1, -0.05) is 25.5 Å². The molecule has 1 N–H and O–H groups in total. The fraction of sp³-hybridized carbons (Fsp3) is 0.533. The zero-order valence-electron chi connectivity index (χ0n) is 12.9. The first-order valence-electron chi connectivity index (χ1n) is 6.85. The van der Waals surface area contributed by atoms with Gasteiger partial charge in [0.1, 0.15) is 5.54 Å². The van der Waals surface area contributed by atoms with Gasteiger partial charge >= 0.3 is 5.97 Å². The molecule has 1 atom stereocenters. The molecule has 1 aromatic carbocycles. The summed E-state index contributed by atoms with van der Waals surface area (Å²) < 4.78 is 31.6. The van der Waals surface area contributed by atoms with E-state index in [1.54, 1.807) is 19.0 Å². The zero-order valence-corrected chi connectivity index (χ0v) is 12.9. The molecule has 1 aromatic rings. The van der Waals surface area contributed by atoms with Crippen LogP contribution in [0.25, 0.3) is 0 Å². The summed E-state index contributed by atoms with van der Waals surface area (Å²) in [4.78, 5) is 12.0. The lowest BCUT2D eigenvalue weighted by molar-refractivity contribution is -0.156. The summed E-state index contributed by atoms with van der Waals surface area (Å²) in [5.74, 6) is -2.14. The molecular weight excluding hydrogens is 278 g/mol.